The Balaban J connectivity index is 1.41. The number of likely N-dealkylation sites (tertiary alicyclic amines) is 1. The molecule has 1 amide bonds. The fraction of sp³-hybridized carbons (Fsp3) is 0.471. The largest absolute Gasteiger partial charge is 0.370 e. The summed E-state index contributed by atoms with van der Waals surface area (Å²) in [6.45, 7) is 6.95. The van der Waals surface area contributed by atoms with Crippen molar-refractivity contribution < 1.29 is 9.32 Å². The minimum absolute atomic E-state index is 0.0693. The fourth-order valence-electron chi connectivity index (χ4n) is 2.91. The highest BCUT2D eigenvalue weighted by molar-refractivity contribution is 5.90. The van der Waals surface area contributed by atoms with Gasteiger partial charge in [-0.3, -0.25) is 15.0 Å². The summed E-state index contributed by atoms with van der Waals surface area (Å²) in [5.41, 5.74) is 1.95. The summed E-state index contributed by atoms with van der Waals surface area (Å²) in [4.78, 5) is 18.5. The average molecular weight is 329 g/mol. The van der Waals surface area contributed by atoms with Crippen LogP contribution < -0.4 is 10.6 Å². The van der Waals surface area contributed by atoms with Gasteiger partial charge in [-0.2, -0.15) is 0 Å². The molecule has 3 rings (SSSR count). The van der Waals surface area contributed by atoms with Crippen LogP contribution in [-0.2, 0) is 4.79 Å². The molecule has 7 nitrogen and oxygen atoms in total. The Kier molecular flexibility index (Phi) is 5.10. The second-order valence-corrected chi connectivity index (χ2v) is 6.37. The minimum Gasteiger partial charge on any atom is -0.370 e. The molecule has 2 N–H and O–H groups in total. The molecule has 0 bridgehead atoms. The van der Waals surface area contributed by atoms with Gasteiger partial charge in [0.15, 0.2) is 0 Å². The maximum absolute atomic E-state index is 12.0. The van der Waals surface area contributed by atoms with E-state index >= 15 is 0 Å². The van der Waals surface area contributed by atoms with E-state index in [9.17, 15) is 4.79 Å². The number of hydrogen-bond acceptors (Lipinski definition) is 6. The minimum atomic E-state index is -0.0693. The van der Waals surface area contributed by atoms with E-state index in [1.165, 1.54) is 5.56 Å². The van der Waals surface area contributed by atoms with Gasteiger partial charge < -0.3 is 9.84 Å². The van der Waals surface area contributed by atoms with Crippen LogP contribution in [0.4, 0.5) is 11.7 Å². The highest BCUT2D eigenvalue weighted by atomic mass is 16.5. The summed E-state index contributed by atoms with van der Waals surface area (Å²) in [6.07, 6.45) is 2.89. The van der Waals surface area contributed by atoms with Crippen molar-refractivity contribution in [2.45, 2.75) is 20.3 Å². The Morgan fingerprint density at radius 1 is 1.42 bits per heavy atom. The lowest BCUT2D eigenvalue weighted by atomic mass is 10.1. The monoisotopic (exact) mass is 329 g/mol. The third-order valence-electron chi connectivity index (χ3n) is 4.12. The topological polar surface area (TPSA) is 83.3 Å². The molecular formula is C17H23N5O2. The van der Waals surface area contributed by atoms with Gasteiger partial charge in [-0.1, -0.05) is 5.16 Å². The Labute approximate surface area is 141 Å². The van der Waals surface area contributed by atoms with Gasteiger partial charge in [-0.05, 0) is 50.4 Å². The van der Waals surface area contributed by atoms with E-state index in [2.05, 4.69) is 32.6 Å². The van der Waals surface area contributed by atoms with E-state index < -0.39 is 0 Å². The molecule has 1 aliphatic rings. The molecule has 0 unspecified atom stereocenters. The maximum atomic E-state index is 12.0. The van der Waals surface area contributed by atoms with E-state index in [0.717, 1.165) is 37.6 Å². The second kappa shape index (κ2) is 7.44. The third-order valence-corrected chi connectivity index (χ3v) is 4.12. The number of nitrogens with one attached hydrogen (secondary N) is 2. The quantitative estimate of drug-likeness (QED) is 0.844. The number of hydrogen-bond donors (Lipinski definition) is 2. The zero-order chi connectivity index (χ0) is 16.9. The number of nitrogens with zero attached hydrogens (tertiary/aromatic N) is 3. The van der Waals surface area contributed by atoms with Crippen LogP contribution in [-0.4, -0.2) is 47.1 Å². The van der Waals surface area contributed by atoms with Gasteiger partial charge in [0.1, 0.15) is 5.82 Å². The molecule has 1 aliphatic heterocycles. The van der Waals surface area contributed by atoms with Crippen LogP contribution in [0.1, 0.15) is 17.7 Å². The van der Waals surface area contributed by atoms with Crippen molar-refractivity contribution in [3.8, 4) is 0 Å². The van der Waals surface area contributed by atoms with Crippen LogP contribution in [0.5, 0.6) is 0 Å². The van der Waals surface area contributed by atoms with Crippen LogP contribution in [0.15, 0.2) is 28.9 Å². The van der Waals surface area contributed by atoms with Crippen molar-refractivity contribution >= 4 is 17.6 Å². The summed E-state index contributed by atoms with van der Waals surface area (Å²) in [7, 11) is 0. The van der Waals surface area contributed by atoms with Crippen molar-refractivity contribution in [3.05, 3.63) is 35.7 Å². The van der Waals surface area contributed by atoms with Crippen LogP contribution in [0.2, 0.25) is 0 Å². The highest BCUT2D eigenvalue weighted by Gasteiger charge is 2.24. The van der Waals surface area contributed by atoms with Crippen molar-refractivity contribution in [3.63, 3.8) is 0 Å². The van der Waals surface area contributed by atoms with Gasteiger partial charge in [0.2, 0.25) is 11.8 Å². The molecule has 1 saturated heterocycles. The second-order valence-electron chi connectivity index (χ2n) is 6.37. The molecule has 0 radical (unpaired) electrons. The smallest absolute Gasteiger partial charge is 0.240 e. The van der Waals surface area contributed by atoms with Gasteiger partial charge in [0.25, 0.3) is 0 Å². The molecule has 0 aliphatic carbocycles. The Hall–Kier alpha value is -2.41. The van der Waals surface area contributed by atoms with Crippen molar-refractivity contribution in [2.75, 3.05) is 36.8 Å². The predicted octanol–water partition coefficient (Wildman–Crippen LogP) is 2.06. The first-order valence-corrected chi connectivity index (χ1v) is 8.20. The molecule has 1 atom stereocenters. The van der Waals surface area contributed by atoms with Crippen LogP contribution in [0.25, 0.3) is 0 Å². The molecule has 128 valence electrons. The summed E-state index contributed by atoms with van der Waals surface area (Å²) < 4.78 is 5.00. The number of rotatable bonds is 6. The van der Waals surface area contributed by atoms with Crippen molar-refractivity contribution in [2.24, 2.45) is 5.92 Å². The Morgan fingerprint density at radius 3 is 3.04 bits per heavy atom. The molecule has 0 aromatic carbocycles. The van der Waals surface area contributed by atoms with Gasteiger partial charge in [0.05, 0.1) is 12.2 Å². The van der Waals surface area contributed by atoms with E-state index in [4.69, 9.17) is 4.52 Å². The third kappa shape index (κ3) is 4.55. The average Bonchev–Trinajstić information content (AvgIpc) is 3.14. The number of pyridine rings is 1. The Morgan fingerprint density at radius 2 is 2.29 bits per heavy atom. The zero-order valence-corrected chi connectivity index (χ0v) is 14.1. The first kappa shape index (κ1) is 16.4. The van der Waals surface area contributed by atoms with Crippen LogP contribution in [0, 0.1) is 19.8 Å². The van der Waals surface area contributed by atoms with Crippen molar-refractivity contribution in [1.82, 2.24) is 15.0 Å². The highest BCUT2D eigenvalue weighted by Crippen LogP contribution is 2.17. The molecule has 0 spiro atoms. The van der Waals surface area contributed by atoms with Gasteiger partial charge in [0, 0.05) is 25.4 Å². The van der Waals surface area contributed by atoms with E-state index in [-0.39, 0.29) is 5.91 Å². The van der Waals surface area contributed by atoms with Crippen molar-refractivity contribution in [1.29, 1.82) is 0 Å². The molecular weight excluding hydrogens is 306 g/mol. The zero-order valence-electron chi connectivity index (χ0n) is 14.1. The molecule has 2 aromatic heterocycles. The van der Waals surface area contributed by atoms with E-state index in [0.29, 0.717) is 18.3 Å². The first-order chi connectivity index (χ1) is 11.6. The van der Waals surface area contributed by atoms with Gasteiger partial charge >= 0.3 is 0 Å². The number of anilines is 2. The fourth-order valence-corrected chi connectivity index (χ4v) is 2.91. The number of amides is 1. The van der Waals surface area contributed by atoms with E-state index in [1.54, 1.807) is 6.07 Å². The van der Waals surface area contributed by atoms with Crippen LogP contribution in [0.3, 0.4) is 0 Å². The molecule has 3 heterocycles. The summed E-state index contributed by atoms with van der Waals surface area (Å²) >= 11 is 0. The first-order valence-electron chi connectivity index (χ1n) is 8.20. The number of aryl methyl sites for hydroxylation is 2. The molecule has 24 heavy (non-hydrogen) atoms. The molecule has 7 heteroatoms. The van der Waals surface area contributed by atoms with Crippen LogP contribution >= 0.6 is 0 Å². The number of carbonyl (C=O) groups excluding carboxylic acids is 1. The lowest BCUT2D eigenvalue weighted by molar-refractivity contribution is -0.117. The van der Waals surface area contributed by atoms with E-state index in [1.807, 2.05) is 25.3 Å². The Bertz CT molecular complexity index is 700. The number of carbonyl (C=O) groups is 1. The van der Waals surface area contributed by atoms with Gasteiger partial charge in [-0.15, -0.1) is 0 Å². The predicted molar refractivity (Wildman–Crippen MR) is 91.9 cm³/mol. The SMILES string of the molecule is Cc1ccnc(NC[C@H]2CCN(CC(=O)Nc3cc(C)no3)C2)c1. The summed E-state index contributed by atoms with van der Waals surface area (Å²) in [5, 5.41) is 9.87. The van der Waals surface area contributed by atoms with Gasteiger partial charge in [-0.25, -0.2) is 4.98 Å². The molecule has 1 fully saturated rings. The lowest BCUT2D eigenvalue weighted by Gasteiger charge is -2.15. The summed E-state index contributed by atoms with van der Waals surface area (Å²) in [5.74, 6) is 1.76. The standard InChI is InChI=1S/C17H23N5O2/c1-12-3-5-18-15(7-12)19-9-14-4-6-22(10-14)11-16(23)20-17-8-13(2)21-24-17/h3,5,7-8,14H,4,6,9-11H2,1-2H3,(H,18,19)(H,20,23)/t14-/m1/s1. The normalized spacial score (nSPS) is 17.8. The lowest BCUT2D eigenvalue weighted by Crippen LogP contribution is -2.32. The maximum Gasteiger partial charge on any atom is 0.240 e. The summed E-state index contributed by atoms with van der Waals surface area (Å²) in [6, 6.07) is 5.74. The number of aromatic nitrogens is 2. The molecule has 2 aromatic rings. The molecule has 0 saturated carbocycles.